The second-order valence-electron chi connectivity index (χ2n) is 3.98. The van der Waals surface area contributed by atoms with Crippen LogP contribution in [0.15, 0.2) is 12.1 Å². The molecule has 2 aliphatic rings. The molecule has 3 nitrogen and oxygen atoms in total. The van der Waals surface area contributed by atoms with Crippen LogP contribution in [-0.2, 0) is 0 Å². The topological polar surface area (TPSA) is 19.4 Å². The zero-order valence-corrected chi connectivity index (χ0v) is 8.83. The van der Waals surface area contributed by atoms with Crippen LogP contribution in [0.5, 0.6) is 0 Å². The van der Waals surface area contributed by atoms with E-state index >= 15 is 0 Å². The molecule has 1 aromatic heterocycles. The van der Waals surface area contributed by atoms with E-state index in [1.807, 2.05) is 6.07 Å². The lowest BCUT2D eigenvalue weighted by atomic mass is 10.2. The Kier molecular flexibility index (Phi) is 1.65. The fourth-order valence-electron chi connectivity index (χ4n) is 2.37. The normalized spacial score (nSPS) is 24.0. The van der Waals surface area contributed by atoms with Gasteiger partial charge < -0.3 is 9.80 Å². The van der Waals surface area contributed by atoms with E-state index in [2.05, 4.69) is 27.9 Å². The van der Waals surface area contributed by atoms with Gasteiger partial charge in [0, 0.05) is 26.2 Å². The maximum atomic E-state index is 5.90. The minimum Gasteiger partial charge on any atom is -0.366 e. The zero-order chi connectivity index (χ0) is 9.71. The predicted octanol–water partition coefficient (Wildman–Crippen LogP) is 1.76. The molecule has 2 bridgehead atoms. The van der Waals surface area contributed by atoms with Gasteiger partial charge in [-0.1, -0.05) is 11.6 Å². The van der Waals surface area contributed by atoms with Crippen LogP contribution in [0.25, 0.3) is 0 Å². The van der Waals surface area contributed by atoms with Crippen molar-refractivity contribution in [3.05, 3.63) is 17.3 Å². The molecule has 1 fully saturated rings. The molecule has 0 aromatic carbocycles. The number of pyridine rings is 1. The third-order valence-corrected chi connectivity index (χ3v) is 3.42. The number of rotatable bonds is 0. The van der Waals surface area contributed by atoms with Crippen molar-refractivity contribution >= 4 is 23.1 Å². The molecule has 1 unspecified atom stereocenters. The van der Waals surface area contributed by atoms with E-state index in [1.165, 1.54) is 12.1 Å². The SMILES string of the molecule is CN1c2nc(Cl)ccc2N2CCC1C2. The van der Waals surface area contributed by atoms with E-state index in [9.17, 15) is 0 Å². The molecule has 1 aromatic rings. The lowest BCUT2D eigenvalue weighted by Gasteiger charge is -2.34. The van der Waals surface area contributed by atoms with E-state index in [0.29, 0.717) is 11.2 Å². The van der Waals surface area contributed by atoms with E-state index in [0.717, 1.165) is 18.9 Å². The van der Waals surface area contributed by atoms with Gasteiger partial charge in [-0.2, -0.15) is 0 Å². The Balaban J connectivity index is 2.16. The molecule has 0 aliphatic carbocycles. The summed E-state index contributed by atoms with van der Waals surface area (Å²) in [4.78, 5) is 9.03. The summed E-state index contributed by atoms with van der Waals surface area (Å²) in [6.07, 6.45) is 1.23. The fourth-order valence-corrected chi connectivity index (χ4v) is 2.52. The second-order valence-corrected chi connectivity index (χ2v) is 4.36. The Morgan fingerprint density at radius 3 is 3.21 bits per heavy atom. The van der Waals surface area contributed by atoms with Crippen LogP contribution < -0.4 is 9.80 Å². The molecule has 0 saturated carbocycles. The van der Waals surface area contributed by atoms with Crippen molar-refractivity contribution in [1.82, 2.24) is 4.98 Å². The first-order chi connectivity index (χ1) is 6.75. The molecule has 14 heavy (non-hydrogen) atoms. The third kappa shape index (κ3) is 1.02. The Morgan fingerprint density at radius 2 is 2.36 bits per heavy atom. The summed E-state index contributed by atoms with van der Waals surface area (Å²) in [6, 6.07) is 4.56. The van der Waals surface area contributed by atoms with Gasteiger partial charge in [0.1, 0.15) is 5.15 Å². The first-order valence-corrected chi connectivity index (χ1v) is 5.28. The Labute approximate surface area is 88.3 Å². The van der Waals surface area contributed by atoms with Gasteiger partial charge in [-0.3, -0.25) is 0 Å². The molecule has 0 N–H and O–H groups in total. The summed E-state index contributed by atoms with van der Waals surface area (Å²) in [7, 11) is 2.11. The third-order valence-electron chi connectivity index (χ3n) is 3.21. The monoisotopic (exact) mass is 209 g/mol. The van der Waals surface area contributed by atoms with E-state index in [-0.39, 0.29) is 0 Å². The van der Waals surface area contributed by atoms with E-state index in [1.54, 1.807) is 0 Å². The highest BCUT2D eigenvalue weighted by atomic mass is 35.5. The Bertz CT molecular complexity index is 380. The fraction of sp³-hybridized carbons (Fsp3) is 0.500. The van der Waals surface area contributed by atoms with Crippen LogP contribution in [0.3, 0.4) is 0 Å². The van der Waals surface area contributed by atoms with Gasteiger partial charge in [0.15, 0.2) is 5.82 Å². The number of halogens is 1. The average Bonchev–Trinajstić information content (AvgIpc) is 2.61. The number of anilines is 2. The number of hydrogen-bond acceptors (Lipinski definition) is 3. The molecule has 4 heteroatoms. The highest BCUT2D eigenvalue weighted by Crippen LogP contribution is 2.38. The summed E-state index contributed by atoms with van der Waals surface area (Å²) < 4.78 is 0. The molecule has 2 aliphatic heterocycles. The number of likely N-dealkylation sites (N-methyl/N-ethyl adjacent to an activating group) is 1. The summed E-state index contributed by atoms with van der Waals surface area (Å²) in [5.74, 6) is 1.03. The van der Waals surface area contributed by atoms with Gasteiger partial charge in [-0.05, 0) is 18.6 Å². The highest BCUT2D eigenvalue weighted by molar-refractivity contribution is 6.29. The molecule has 0 radical (unpaired) electrons. The van der Waals surface area contributed by atoms with Crippen molar-refractivity contribution < 1.29 is 0 Å². The van der Waals surface area contributed by atoms with E-state index in [4.69, 9.17) is 11.6 Å². The number of hydrogen-bond donors (Lipinski definition) is 0. The second kappa shape index (κ2) is 2.76. The average molecular weight is 210 g/mol. The van der Waals surface area contributed by atoms with Gasteiger partial charge in [-0.25, -0.2) is 4.98 Å². The Morgan fingerprint density at radius 1 is 1.50 bits per heavy atom. The molecule has 74 valence electrons. The van der Waals surface area contributed by atoms with Crippen LogP contribution in [-0.4, -0.2) is 31.2 Å². The number of nitrogens with zero attached hydrogens (tertiary/aromatic N) is 3. The van der Waals surface area contributed by atoms with Gasteiger partial charge in [0.25, 0.3) is 0 Å². The van der Waals surface area contributed by atoms with Crippen molar-refractivity contribution in [3.63, 3.8) is 0 Å². The molecular formula is C10H12ClN3. The molecule has 3 heterocycles. The van der Waals surface area contributed by atoms with Crippen LogP contribution in [0, 0.1) is 0 Å². The van der Waals surface area contributed by atoms with Gasteiger partial charge >= 0.3 is 0 Å². The number of fused-ring (bicyclic) bond motifs is 4. The van der Waals surface area contributed by atoms with Crippen LogP contribution in [0.4, 0.5) is 11.5 Å². The van der Waals surface area contributed by atoms with Crippen molar-refractivity contribution in [3.8, 4) is 0 Å². The lowest BCUT2D eigenvalue weighted by Crippen LogP contribution is -2.40. The van der Waals surface area contributed by atoms with Crippen LogP contribution in [0.1, 0.15) is 6.42 Å². The van der Waals surface area contributed by atoms with Crippen LogP contribution >= 0.6 is 11.6 Å². The number of aromatic nitrogens is 1. The molecule has 3 rings (SSSR count). The maximum Gasteiger partial charge on any atom is 0.154 e. The zero-order valence-electron chi connectivity index (χ0n) is 8.07. The predicted molar refractivity (Wildman–Crippen MR) is 58.3 cm³/mol. The summed E-state index contributed by atoms with van der Waals surface area (Å²) >= 11 is 5.90. The summed E-state index contributed by atoms with van der Waals surface area (Å²) in [6.45, 7) is 2.28. The molecule has 0 spiro atoms. The largest absolute Gasteiger partial charge is 0.366 e. The minimum absolute atomic E-state index is 0.582. The highest BCUT2D eigenvalue weighted by Gasteiger charge is 2.34. The van der Waals surface area contributed by atoms with E-state index < -0.39 is 0 Å². The molecule has 0 amide bonds. The minimum atomic E-state index is 0.582. The molecule has 1 atom stereocenters. The molecular weight excluding hydrogens is 198 g/mol. The van der Waals surface area contributed by atoms with Crippen molar-refractivity contribution in [2.75, 3.05) is 29.9 Å². The van der Waals surface area contributed by atoms with Crippen LogP contribution in [0.2, 0.25) is 5.15 Å². The quantitative estimate of drug-likeness (QED) is 0.607. The maximum absolute atomic E-state index is 5.90. The first-order valence-electron chi connectivity index (χ1n) is 4.90. The first kappa shape index (κ1) is 8.36. The molecule has 1 saturated heterocycles. The van der Waals surface area contributed by atoms with Crippen molar-refractivity contribution in [2.45, 2.75) is 12.5 Å². The Hall–Kier alpha value is -0.960. The summed E-state index contributed by atoms with van der Waals surface area (Å²) in [5.41, 5.74) is 1.23. The summed E-state index contributed by atoms with van der Waals surface area (Å²) in [5, 5.41) is 0.582. The lowest BCUT2D eigenvalue weighted by molar-refractivity contribution is 0.673. The van der Waals surface area contributed by atoms with Gasteiger partial charge in [-0.15, -0.1) is 0 Å². The van der Waals surface area contributed by atoms with Crippen molar-refractivity contribution in [2.24, 2.45) is 0 Å². The van der Waals surface area contributed by atoms with Gasteiger partial charge in [0.05, 0.1) is 5.69 Å². The van der Waals surface area contributed by atoms with Crippen molar-refractivity contribution in [1.29, 1.82) is 0 Å². The standard InChI is InChI=1S/C10H12ClN3/c1-13-7-4-5-14(6-7)8-2-3-9(11)12-10(8)13/h2-3,7H,4-6H2,1H3. The van der Waals surface area contributed by atoms with Gasteiger partial charge in [0.2, 0.25) is 0 Å². The smallest absolute Gasteiger partial charge is 0.154 e.